The number of fused-ring (bicyclic) bond motifs is 2. The lowest BCUT2D eigenvalue weighted by Crippen LogP contribution is -2.12. The minimum Gasteiger partial charge on any atom is -0.324 e. The molecule has 0 fully saturated rings. The van der Waals surface area contributed by atoms with Crippen molar-refractivity contribution >= 4 is 22.1 Å². The molecule has 0 bridgehead atoms. The van der Waals surface area contributed by atoms with E-state index in [1.54, 1.807) is 0 Å². The molecule has 0 aliphatic rings. The summed E-state index contributed by atoms with van der Waals surface area (Å²) in [7, 11) is 0. The summed E-state index contributed by atoms with van der Waals surface area (Å²) in [6.07, 6.45) is 15.4. The highest BCUT2D eigenvalue weighted by Crippen LogP contribution is 2.36. The van der Waals surface area contributed by atoms with Gasteiger partial charge in [-0.1, -0.05) is 123 Å². The summed E-state index contributed by atoms with van der Waals surface area (Å²) in [6.45, 7) is 13.5. The Morgan fingerprint density at radius 1 is 0.523 bits per heavy atom. The zero-order valence-corrected chi connectivity index (χ0v) is 28.0. The number of benzene rings is 3. The molecule has 0 N–H and O–H groups in total. The van der Waals surface area contributed by atoms with Gasteiger partial charge in [-0.05, 0) is 66.3 Å². The zero-order chi connectivity index (χ0) is 30.9. The summed E-state index contributed by atoms with van der Waals surface area (Å²) in [5.74, 6) is 2.15. The van der Waals surface area contributed by atoms with E-state index in [2.05, 4.69) is 110 Å². The van der Waals surface area contributed by atoms with E-state index in [-0.39, 0.29) is 5.41 Å². The molecule has 0 atom stereocenters. The van der Waals surface area contributed by atoms with Crippen molar-refractivity contribution in [1.29, 1.82) is 0 Å². The van der Waals surface area contributed by atoms with Crippen LogP contribution in [0.5, 0.6) is 0 Å². The zero-order valence-electron chi connectivity index (χ0n) is 28.0. The van der Waals surface area contributed by atoms with Crippen LogP contribution in [0.3, 0.4) is 0 Å². The standard InChI is InChI=1S/C40H54N4/c1-6-8-10-12-14-20-26-43-36-24-18-16-22-34(36)41-38(43)31-28-32(30-33(29-31)40(3,4)5)39-42-35-23-17-19-25-37(35)44(39)27-21-15-13-11-9-7-2/h16-19,22-25,28-30H,6-15,20-21,26-27H2,1-5H3. The summed E-state index contributed by atoms with van der Waals surface area (Å²) in [6, 6.07) is 24.4. The molecular weight excluding hydrogens is 536 g/mol. The fourth-order valence-corrected chi connectivity index (χ4v) is 6.46. The van der Waals surface area contributed by atoms with Crippen molar-refractivity contribution in [2.45, 2.75) is 130 Å². The van der Waals surface area contributed by atoms with E-state index in [0.29, 0.717) is 0 Å². The third-order valence-electron chi connectivity index (χ3n) is 9.10. The molecule has 0 unspecified atom stereocenters. The highest BCUT2D eigenvalue weighted by Gasteiger charge is 2.22. The molecule has 4 nitrogen and oxygen atoms in total. The van der Waals surface area contributed by atoms with Crippen LogP contribution in [0.25, 0.3) is 44.8 Å². The van der Waals surface area contributed by atoms with Gasteiger partial charge in [0.1, 0.15) is 11.6 Å². The second-order valence-electron chi connectivity index (χ2n) is 13.7. The Hall–Kier alpha value is -3.40. The van der Waals surface area contributed by atoms with Crippen molar-refractivity contribution in [2.24, 2.45) is 0 Å². The van der Waals surface area contributed by atoms with Gasteiger partial charge >= 0.3 is 0 Å². The molecule has 5 rings (SSSR count). The average Bonchev–Trinajstić information content (AvgIpc) is 3.58. The normalized spacial score (nSPS) is 12.1. The predicted octanol–water partition coefficient (Wildman–Crippen LogP) is 11.7. The molecule has 0 radical (unpaired) electrons. The first-order valence-corrected chi connectivity index (χ1v) is 17.5. The van der Waals surface area contributed by atoms with Gasteiger partial charge < -0.3 is 9.13 Å². The van der Waals surface area contributed by atoms with Gasteiger partial charge in [0.25, 0.3) is 0 Å². The fraction of sp³-hybridized carbons (Fsp3) is 0.500. The Morgan fingerprint density at radius 2 is 0.932 bits per heavy atom. The van der Waals surface area contributed by atoms with Crippen LogP contribution in [0.15, 0.2) is 66.7 Å². The number of nitrogens with zero attached hydrogens (tertiary/aromatic N) is 4. The molecule has 0 aliphatic heterocycles. The average molecular weight is 591 g/mol. The number of para-hydroxylation sites is 4. The monoisotopic (exact) mass is 590 g/mol. The molecule has 3 aromatic carbocycles. The van der Waals surface area contributed by atoms with Crippen molar-refractivity contribution in [3.05, 3.63) is 72.3 Å². The third kappa shape index (κ3) is 7.62. The molecular formula is C40H54N4. The highest BCUT2D eigenvalue weighted by atomic mass is 15.1. The maximum absolute atomic E-state index is 5.26. The Kier molecular flexibility index (Phi) is 11.0. The van der Waals surface area contributed by atoms with Crippen molar-refractivity contribution in [2.75, 3.05) is 0 Å². The second kappa shape index (κ2) is 15.1. The Balaban J connectivity index is 1.55. The fourth-order valence-electron chi connectivity index (χ4n) is 6.46. The second-order valence-corrected chi connectivity index (χ2v) is 13.7. The van der Waals surface area contributed by atoms with Crippen molar-refractivity contribution in [3.8, 4) is 22.8 Å². The molecule has 4 heteroatoms. The van der Waals surface area contributed by atoms with Crippen molar-refractivity contribution in [1.82, 2.24) is 19.1 Å². The number of aromatic nitrogens is 4. The molecule has 0 aliphatic carbocycles. The Morgan fingerprint density at radius 3 is 1.36 bits per heavy atom. The Labute approximate surface area is 265 Å². The van der Waals surface area contributed by atoms with E-state index in [9.17, 15) is 0 Å². The summed E-state index contributed by atoms with van der Waals surface area (Å²) >= 11 is 0. The van der Waals surface area contributed by atoms with Crippen LogP contribution < -0.4 is 0 Å². The maximum atomic E-state index is 5.26. The number of rotatable bonds is 16. The maximum Gasteiger partial charge on any atom is 0.141 e. The smallest absolute Gasteiger partial charge is 0.141 e. The SMILES string of the molecule is CCCCCCCCn1c(-c2cc(-c3nc4ccccc4n3CCCCCCCC)cc(C(C)(C)C)c2)nc2ccccc21. The summed E-state index contributed by atoms with van der Waals surface area (Å²) in [4.78, 5) is 10.5. The molecule has 234 valence electrons. The van der Waals surface area contributed by atoms with Crippen LogP contribution in [-0.4, -0.2) is 19.1 Å². The van der Waals surface area contributed by atoms with E-state index < -0.39 is 0 Å². The van der Waals surface area contributed by atoms with E-state index in [1.165, 1.54) is 105 Å². The lowest BCUT2D eigenvalue weighted by molar-refractivity contribution is 0.565. The van der Waals surface area contributed by atoms with Gasteiger partial charge in [-0.15, -0.1) is 0 Å². The first kappa shape index (κ1) is 32.0. The number of hydrogen-bond acceptors (Lipinski definition) is 2. The first-order chi connectivity index (χ1) is 21.4. The quantitative estimate of drug-likeness (QED) is 0.107. The van der Waals surface area contributed by atoms with Crippen molar-refractivity contribution < 1.29 is 0 Å². The Bertz CT molecular complexity index is 1520. The first-order valence-electron chi connectivity index (χ1n) is 17.5. The number of unbranched alkanes of at least 4 members (excludes halogenated alkanes) is 10. The molecule has 2 heterocycles. The molecule has 2 aromatic heterocycles. The van der Waals surface area contributed by atoms with Crippen LogP contribution in [0.4, 0.5) is 0 Å². The van der Waals surface area contributed by atoms with Crippen LogP contribution in [0, 0.1) is 0 Å². The molecule has 44 heavy (non-hydrogen) atoms. The lowest BCUT2D eigenvalue weighted by Gasteiger charge is -2.22. The van der Waals surface area contributed by atoms with Crippen LogP contribution in [0.2, 0.25) is 0 Å². The summed E-state index contributed by atoms with van der Waals surface area (Å²) < 4.78 is 4.94. The molecule has 0 spiro atoms. The summed E-state index contributed by atoms with van der Waals surface area (Å²) in [5.41, 5.74) is 8.31. The van der Waals surface area contributed by atoms with E-state index in [4.69, 9.17) is 9.97 Å². The largest absolute Gasteiger partial charge is 0.324 e. The third-order valence-corrected chi connectivity index (χ3v) is 9.10. The van der Waals surface area contributed by atoms with E-state index in [1.807, 2.05) is 0 Å². The minimum atomic E-state index is -0.00297. The number of imidazole rings is 2. The van der Waals surface area contributed by atoms with Gasteiger partial charge in [0.2, 0.25) is 0 Å². The highest BCUT2D eigenvalue weighted by molar-refractivity contribution is 5.84. The molecule has 0 saturated heterocycles. The predicted molar refractivity (Wildman–Crippen MR) is 189 cm³/mol. The number of aryl methyl sites for hydroxylation is 2. The van der Waals surface area contributed by atoms with Crippen molar-refractivity contribution in [3.63, 3.8) is 0 Å². The molecule has 5 aromatic rings. The van der Waals surface area contributed by atoms with Crippen LogP contribution in [0.1, 0.15) is 117 Å². The van der Waals surface area contributed by atoms with E-state index in [0.717, 1.165) is 35.8 Å². The topological polar surface area (TPSA) is 35.6 Å². The lowest BCUT2D eigenvalue weighted by atomic mass is 9.84. The van der Waals surface area contributed by atoms with Gasteiger partial charge in [-0.2, -0.15) is 0 Å². The molecule has 0 saturated carbocycles. The molecule has 0 amide bonds. The van der Waals surface area contributed by atoms with Crippen LogP contribution >= 0.6 is 0 Å². The van der Waals surface area contributed by atoms with E-state index >= 15 is 0 Å². The minimum absolute atomic E-state index is 0.00297. The van der Waals surface area contributed by atoms with Gasteiger partial charge in [0.05, 0.1) is 22.1 Å². The summed E-state index contributed by atoms with van der Waals surface area (Å²) in [5, 5.41) is 0. The van der Waals surface area contributed by atoms with Crippen LogP contribution in [-0.2, 0) is 18.5 Å². The van der Waals surface area contributed by atoms with Gasteiger partial charge in [0.15, 0.2) is 0 Å². The van der Waals surface area contributed by atoms with Gasteiger partial charge in [0, 0.05) is 24.2 Å². The van der Waals surface area contributed by atoms with Gasteiger partial charge in [-0.25, -0.2) is 9.97 Å². The van der Waals surface area contributed by atoms with Gasteiger partial charge in [-0.3, -0.25) is 0 Å². The number of hydrogen-bond donors (Lipinski definition) is 0.